The number of sulfone groups is 2. The number of hydrogen-bond acceptors (Lipinski definition) is 8. The zero-order valence-electron chi connectivity index (χ0n) is 19.0. The van der Waals surface area contributed by atoms with Crippen LogP contribution in [0, 0.1) is 0 Å². The topological polar surface area (TPSA) is 144 Å². The van der Waals surface area contributed by atoms with Gasteiger partial charge in [-0.1, -0.05) is 13.0 Å². The average molecular weight is 589 g/mol. The van der Waals surface area contributed by atoms with E-state index in [1.165, 1.54) is 6.92 Å². The number of pyridine rings is 1. The van der Waals surface area contributed by atoms with Gasteiger partial charge in [0.2, 0.25) is 0 Å². The summed E-state index contributed by atoms with van der Waals surface area (Å²) >= 11 is 0. The average Bonchev–Trinajstić information content (AvgIpc) is 3.18. The highest BCUT2D eigenvalue weighted by molar-refractivity contribution is 7.92. The smallest absolute Gasteiger partial charge is 0.484 e. The molecule has 0 spiro atoms. The number of fused-ring (bicyclic) bond motifs is 1. The number of anilines is 1. The number of aromatic carboxylic acids is 1. The molecule has 208 valence electrons. The summed E-state index contributed by atoms with van der Waals surface area (Å²) in [5.74, 6) is -2.81. The van der Waals surface area contributed by atoms with Gasteiger partial charge in [0.1, 0.15) is 11.4 Å². The number of ether oxygens (including phenoxy) is 1. The van der Waals surface area contributed by atoms with Crippen LogP contribution in [0.2, 0.25) is 0 Å². The van der Waals surface area contributed by atoms with Crippen molar-refractivity contribution < 1.29 is 57.8 Å². The number of carboxylic acid groups (broad SMARTS) is 1. The summed E-state index contributed by atoms with van der Waals surface area (Å²) in [7, 11) is -9.88. The SMILES string of the molecule is CCS(=O)(=O)c1c(NCc2ccc(S(=O)(=O)C(F)(F)F)cc2C(=O)O)nc2cc(OCC(F)(F)F)ccn12. The molecular weight excluding hydrogens is 572 g/mol. The van der Waals surface area contributed by atoms with Gasteiger partial charge in [-0.25, -0.2) is 26.6 Å². The number of rotatable bonds is 9. The summed E-state index contributed by atoms with van der Waals surface area (Å²) < 4.78 is 130. The number of hydrogen-bond donors (Lipinski definition) is 2. The highest BCUT2D eigenvalue weighted by Gasteiger charge is 2.47. The molecule has 0 amide bonds. The molecule has 3 aromatic rings. The Bertz CT molecular complexity index is 1600. The Labute approximate surface area is 210 Å². The number of benzene rings is 1. The van der Waals surface area contributed by atoms with Crippen molar-refractivity contribution in [3.63, 3.8) is 0 Å². The standard InChI is InChI=1S/C20H17F6N3O7S2/c1-2-37(32,33)17-16(28-15-7-12(5-6-29(15)17)36-10-19(21,22)23)27-9-11-3-4-13(8-14(11)18(30)31)38(34,35)20(24,25)26/h3-8,27H,2,9-10H2,1H3,(H,30,31). The number of aromatic nitrogens is 2. The molecule has 38 heavy (non-hydrogen) atoms. The van der Waals surface area contributed by atoms with Crippen molar-refractivity contribution in [3.8, 4) is 5.75 Å². The van der Waals surface area contributed by atoms with Crippen LogP contribution in [-0.4, -0.2) is 61.3 Å². The Balaban J connectivity index is 2.02. The molecule has 0 fully saturated rings. The maximum Gasteiger partial charge on any atom is 0.501 e. The van der Waals surface area contributed by atoms with Crippen molar-refractivity contribution >= 4 is 37.1 Å². The minimum atomic E-state index is -5.84. The zero-order valence-corrected chi connectivity index (χ0v) is 20.6. The van der Waals surface area contributed by atoms with Crippen molar-refractivity contribution in [1.82, 2.24) is 9.38 Å². The minimum Gasteiger partial charge on any atom is -0.484 e. The molecule has 0 aliphatic heterocycles. The second kappa shape index (κ2) is 9.97. The molecule has 0 aliphatic rings. The van der Waals surface area contributed by atoms with Gasteiger partial charge >= 0.3 is 17.7 Å². The second-order valence-corrected chi connectivity index (χ2v) is 11.7. The van der Waals surface area contributed by atoms with E-state index in [1.54, 1.807) is 0 Å². The lowest BCUT2D eigenvalue weighted by Crippen LogP contribution is -2.24. The lowest BCUT2D eigenvalue weighted by Gasteiger charge is -2.12. The normalized spacial score (nSPS) is 13.0. The van der Waals surface area contributed by atoms with E-state index in [4.69, 9.17) is 0 Å². The number of alkyl halides is 6. The van der Waals surface area contributed by atoms with E-state index in [0.717, 1.165) is 28.8 Å². The first kappa shape index (κ1) is 29.0. The summed E-state index contributed by atoms with van der Waals surface area (Å²) in [6, 6.07) is 3.78. The van der Waals surface area contributed by atoms with Crippen LogP contribution in [0.15, 0.2) is 46.5 Å². The molecule has 2 heterocycles. The fraction of sp³-hybridized carbons (Fsp3) is 0.300. The summed E-state index contributed by atoms with van der Waals surface area (Å²) in [5, 5.41) is 11.5. The first-order valence-corrected chi connectivity index (χ1v) is 13.4. The van der Waals surface area contributed by atoms with E-state index in [-0.39, 0.29) is 22.8 Å². The molecule has 0 atom stereocenters. The third-order valence-electron chi connectivity index (χ3n) is 5.00. The Morgan fingerprint density at radius 1 is 1.08 bits per heavy atom. The van der Waals surface area contributed by atoms with Gasteiger partial charge in [0.05, 0.1) is 16.2 Å². The lowest BCUT2D eigenvalue weighted by atomic mass is 10.1. The van der Waals surface area contributed by atoms with E-state index in [2.05, 4.69) is 15.0 Å². The first-order valence-electron chi connectivity index (χ1n) is 10.2. The molecule has 0 bridgehead atoms. The van der Waals surface area contributed by atoms with E-state index in [1.807, 2.05) is 0 Å². The van der Waals surface area contributed by atoms with E-state index in [9.17, 15) is 53.1 Å². The molecule has 0 radical (unpaired) electrons. The summed E-state index contributed by atoms with van der Waals surface area (Å²) in [5.41, 5.74) is -6.85. The molecule has 10 nitrogen and oxygen atoms in total. The number of nitrogens with zero attached hydrogens (tertiary/aromatic N) is 2. The minimum absolute atomic E-state index is 0.149. The highest BCUT2D eigenvalue weighted by atomic mass is 32.2. The lowest BCUT2D eigenvalue weighted by molar-refractivity contribution is -0.153. The fourth-order valence-electron chi connectivity index (χ4n) is 3.20. The third-order valence-corrected chi connectivity index (χ3v) is 8.23. The van der Waals surface area contributed by atoms with Gasteiger partial charge in [0.25, 0.3) is 9.84 Å². The number of halogens is 6. The number of carbonyl (C=O) groups is 1. The van der Waals surface area contributed by atoms with Crippen molar-refractivity contribution in [2.75, 3.05) is 17.7 Å². The van der Waals surface area contributed by atoms with Gasteiger partial charge in [-0.05, 0) is 23.8 Å². The van der Waals surface area contributed by atoms with Gasteiger partial charge in [0.15, 0.2) is 27.3 Å². The molecule has 0 saturated heterocycles. The second-order valence-electron chi connectivity index (χ2n) is 7.59. The maximum absolute atomic E-state index is 12.9. The molecule has 0 aliphatic carbocycles. The van der Waals surface area contributed by atoms with Gasteiger partial charge in [-0.3, -0.25) is 4.40 Å². The van der Waals surface area contributed by atoms with Crippen LogP contribution in [0.4, 0.5) is 32.2 Å². The van der Waals surface area contributed by atoms with E-state index in [0.29, 0.717) is 12.1 Å². The molecule has 2 N–H and O–H groups in total. The van der Waals surface area contributed by atoms with Crippen LogP contribution in [0.3, 0.4) is 0 Å². The summed E-state index contributed by atoms with van der Waals surface area (Å²) in [4.78, 5) is 14.4. The van der Waals surface area contributed by atoms with E-state index >= 15 is 0 Å². The van der Waals surface area contributed by atoms with E-state index < -0.39 is 71.7 Å². The first-order chi connectivity index (χ1) is 17.4. The van der Waals surface area contributed by atoms with Crippen molar-refractivity contribution in [3.05, 3.63) is 47.7 Å². The van der Waals surface area contributed by atoms with Crippen molar-refractivity contribution in [2.45, 2.75) is 35.1 Å². The monoisotopic (exact) mass is 589 g/mol. The van der Waals surface area contributed by atoms with Crippen LogP contribution < -0.4 is 10.1 Å². The number of carboxylic acids is 1. The molecule has 3 rings (SSSR count). The van der Waals surface area contributed by atoms with Crippen LogP contribution in [0.1, 0.15) is 22.8 Å². The molecule has 18 heteroatoms. The zero-order chi connectivity index (χ0) is 28.7. The van der Waals surface area contributed by atoms with Crippen LogP contribution in [0.25, 0.3) is 5.65 Å². The molecule has 2 aromatic heterocycles. The van der Waals surface area contributed by atoms with Crippen molar-refractivity contribution in [2.24, 2.45) is 0 Å². The Morgan fingerprint density at radius 3 is 2.29 bits per heavy atom. The number of imidazole rings is 1. The molecule has 0 saturated carbocycles. The predicted octanol–water partition coefficient (Wildman–Crippen LogP) is 3.67. The summed E-state index contributed by atoms with van der Waals surface area (Å²) in [6.45, 7) is -0.837. The summed E-state index contributed by atoms with van der Waals surface area (Å²) in [6.07, 6.45) is -3.54. The van der Waals surface area contributed by atoms with Gasteiger partial charge in [-0.15, -0.1) is 0 Å². The van der Waals surface area contributed by atoms with Gasteiger partial charge in [-0.2, -0.15) is 26.3 Å². The van der Waals surface area contributed by atoms with Crippen molar-refractivity contribution in [1.29, 1.82) is 0 Å². The van der Waals surface area contributed by atoms with Gasteiger partial charge in [0, 0.05) is 18.8 Å². The van der Waals surface area contributed by atoms with Crippen LogP contribution in [0.5, 0.6) is 5.75 Å². The largest absolute Gasteiger partial charge is 0.501 e. The number of nitrogens with one attached hydrogen (secondary N) is 1. The van der Waals surface area contributed by atoms with Crippen LogP contribution >= 0.6 is 0 Å². The third kappa shape index (κ3) is 5.95. The quantitative estimate of drug-likeness (QED) is 0.357. The molecular formula is C20H17F6N3O7S2. The Morgan fingerprint density at radius 2 is 1.74 bits per heavy atom. The molecule has 1 aromatic carbocycles. The van der Waals surface area contributed by atoms with Crippen LogP contribution in [-0.2, 0) is 26.2 Å². The Kier molecular flexibility index (Phi) is 7.62. The van der Waals surface area contributed by atoms with Gasteiger partial charge < -0.3 is 15.2 Å². The predicted molar refractivity (Wildman–Crippen MR) is 118 cm³/mol. The highest BCUT2D eigenvalue weighted by Crippen LogP contribution is 2.32. The Hall–Kier alpha value is -3.54. The maximum atomic E-state index is 12.9. The fourth-order valence-corrected chi connectivity index (χ4v) is 5.12. The molecule has 0 unspecified atom stereocenters.